The van der Waals surface area contributed by atoms with Gasteiger partial charge in [-0.3, -0.25) is 0 Å². The summed E-state index contributed by atoms with van der Waals surface area (Å²) in [5, 5.41) is 0. The van der Waals surface area contributed by atoms with E-state index in [0.29, 0.717) is 18.0 Å². The maximum atomic E-state index is 13.8. The summed E-state index contributed by atoms with van der Waals surface area (Å²) < 4.78 is 19.7. The van der Waals surface area contributed by atoms with Crippen molar-refractivity contribution in [3.8, 4) is 11.1 Å². The van der Waals surface area contributed by atoms with Crippen molar-refractivity contribution in [1.29, 1.82) is 0 Å². The molecule has 3 heteroatoms. The van der Waals surface area contributed by atoms with E-state index < -0.39 is 0 Å². The number of aryl methyl sites for hydroxylation is 1. The first kappa shape index (κ1) is 13.8. The summed E-state index contributed by atoms with van der Waals surface area (Å²) in [5.41, 5.74) is 3.05. The summed E-state index contributed by atoms with van der Waals surface area (Å²) in [7, 11) is 0. The predicted octanol–water partition coefficient (Wildman–Crippen LogP) is 4.36. The van der Waals surface area contributed by atoms with E-state index in [9.17, 15) is 4.39 Å². The molecular weight excluding hydrogens is 265 g/mol. The Morgan fingerprint density at radius 3 is 2.43 bits per heavy atom. The number of benzene rings is 2. The zero-order valence-corrected chi connectivity index (χ0v) is 12.5. The molecule has 1 aliphatic heterocycles. The van der Waals surface area contributed by atoms with Gasteiger partial charge in [-0.2, -0.15) is 0 Å². The lowest BCUT2D eigenvalue weighted by Crippen LogP contribution is -2.24. The number of aliphatic imine (C=N–C) groups is 1. The molecule has 2 aromatic carbocycles. The van der Waals surface area contributed by atoms with Gasteiger partial charge in [-0.25, -0.2) is 9.38 Å². The molecule has 0 amide bonds. The van der Waals surface area contributed by atoms with Crippen LogP contribution in [0.1, 0.15) is 25.0 Å². The lowest BCUT2D eigenvalue weighted by molar-refractivity contribution is 0.131. The van der Waals surface area contributed by atoms with Crippen LogP contribution in [0.4, 0.5) is 4.39 Å². The SMILES string of the molecule is Cc1ccc(-c2ccccc2C2=NCC(C)(C)O2)cc1F. The van der Waals surface area contributed by atoms with Crippen LogP contribution in [0.2, 0.25) is 0 Å². The molecule has 108 valence electrons. The van der Waals surface area contributed by atoms with Crippen molar-refractivity contribution in [2.75, 3.05) is 6.54 Å². The first-order valence-electron chi connectivity index (χ1n) is 7.06. The molecule has 0 radical (unpaired) electrons. The van der Waals surface area contributed by atoms with Gasteiger partial charge in [0.2, 0.25) is 5.90 Å². The van der Waals surface area contributed by atoms with Crippen LogP contribution < -0.4 is 0 Å². The third-order valence-electron chi connectivity index (χ3n) is 3.62. The fraction of sp³-hybridized carbons (Fsp3) is 0.278. The molecule has 0 fully saturated rings. The third kappa shape index (κ3) is 2.68. The molecule has 0 saturated carbocycles. The fourth-order valence-electron chi connectivity index (χ4n) is 2.41. The van der Waals surface area contributed by atoms with Crippen LogP contribution >= 0.6 is 0 Å². The zero-order valence-electron chi connectivity index (χ0n) is 12.5. The van der Waals surface area contributed by atoms with Crippen LogP contribution in [-0.4, -0.2) is 18.0 Å². The van der Waals surface area contributed by atoms with Gasteiger partial charge in [0.25, 0.3) is 0 Å². The number of nitrogens with zero attached hydrogens (tertiary/aromatic N) is 1. The summed E-state index contributed by atoms with van der Waals surface area (Å²) in [6.45, 7) is 6.42. The maximum Gasteiger partial charge on any atom is 0.217 e. The summed E-state index contributed by atoms with van der Waals surface area (Å²) in [6, 6.07) is 13.1. The highest BCUT2D eigenvalue weighted by atomic mass is 19.1. The Balaban J connectivity index is 2.06. The van der Waals surface area contributed by atoms with Gasteiger partial charge in [-0.1, -0.05) is 30.3 Å². The zero-order chi connectivity index (χ0) is 15.0. The molecule has 2 nitrogen and oxygen atoms in total. The van der Waals surface area contributed by atoms with E-state index in [0.717, 1.165) is 16.7 Å². The fourth-order valence-corrected chi connectivity index (χ4v) is 2.41. The van der Waals surface area contributed by atoms with E-state index in [2.05, 4.69) is 4.99 Å². The van der Waals surface area contributed by atoms with Crippen LogP contribution in [0.15, 0.2) is 47.5 Å². The molecule has 0 N–H and O–H groups in total. The smallest absolute Gasteiger partial charge is 0.217 e. The van der Waals surface area contributed by atoms with Gasteiger partial charge in [0, 0.05) is 5.56 Å². The van der Waals surface area contributed by atoms with E-state index in [1.807, 2.05) is 44.2 Å². The van der Waals surface area contributed by atoms with Crippen molar-refractivity contribution in [3.05, 3.63) is 59.4 Å². The largest absolute Gasteiger partial charge is 0.469 e. The molecule has 0 bridgehead atoms. The molecule has 0 spiro atoms. The van der Waals surface area contributed by atoms with Crippen molar-refractivity contribution in [2.24, 2.45) is 4.99 Å². The quantitative estimate of drug-likeness (QED) is 0.802. The Morgan fingerprint density at radius 2 is 1.81 bits per heavy atom. The van der Waals surface area contributed by atoms with Crippen LogP contribution in [0.3, 0.4) is 0 Å². The van der Waals surface area contributed by atoms with Crippen LogP contribution in [0, 0.1) is 12.7 Å². The molecule has 1 aliphatic rings. The summed E-state index contributed by atoms with van der Waals surface area (Å²) in [5.74, 6) is 0.438. The second-order valence-electron chi connectivity index (χ2n) is 5.99. The highest BCUT2D eigenvalue weighted by Crippen LogP contribution is 2.29. The molecule has 0 saturated heterocycles. The van der Waals surface area contributed by atoms with E-state index in [1.165, 1.54) is 0 Å². The second kappa shape index (κ2) is 4.99. The third-order valence-corrected chi connectivity index (χ3v) is 3.62. The maximum absolute atomic E-state index is 13.8. The molecular formula is C18H18FNO. The van der Waals surface area contributed by atoms with Gasteiger partial charge >= 0.3 is 0 Å². The molecule has 0 aromatic heterocycles. The minimum absolute atomic E-state index is 0.197. The Kier molecular flexibility index (Phi) is 3.28. The van der Waals surface area contributed by atoms with Crippen molar-refractivity contribution >= 4 is 5.90 Å². The monoisotopic (exact) mass is 283 g/mol. The van der Waals surface area contributed by atoms with E-state index in [-0.39, 0.29) is 11.4 Å². The van der Waals surface area contributed by atoms with Gasteiger partial charge in [-0.05, 0) is 49.6 Å². The van der Waals surface area contributed by atoms with Gasteiger partial charge in [-0.15, -0.1) is 0 Å². The topological polar surface area (TPSA) is 21.6 Å². The number of rotatable bonds is 2. The van der Waals surface area contributed by atoms with E-state index in [1.54, 1.807) is 19.1 Å². The summed E-state index contributed by atoms with van der Waals surface area (Å²) >= 11 is 0. The Morgan fingerprint density at radius 1 is 1.10 bits per heavy atom. The summed E-state index contributed by atoms with van der Waals surface area (Å²) in [6.07, 6.45) is 0. The highest BCUT2D eigenvalue weighted by molar-refractivity contribution is 6.01. The molecule has 3 rings (SSSR count). The Bertz CT molecular complexity index is 719. The molecule has 2 aromatic rings. The first-order chi connectivity index (χ1) is 9.96. The number of ether oxygens (including phenoxy) is 1. The van der Waals surface area contributed by atoms with Gasteiger partial charge in [0.1, 0.15) is 11.4 Å². The predicted molar refractivity (Wildman–Crippen MR) is 83.1 cm³/mol. The van der Waals surface area contributed by atoms with Gasteiger partial charge in [0.05, 0.1) is 6.54 Å². The molecule has 1 heterocycles. The van der Waals surface area contributed by atoms with Gasteiger partial charge in [0.15, 0.2) is 0 Å². The van der Waals surface area contributed by atoms with Crippen molar-refractivity contribution in [1.82, 2.24) is 0 Å². The minimum atomic E-state index is -0.277. The lowest BCUT2D eigenvalue weighted by atomic mass is 9.98. The number of halogens is 1. The van der Waals surface area contributed by atoms with Crippen LogP contribution in [-0.2, 0) is 4.74 Å². The van der Waals surface area contributed by atoms with Crippen LogP contribution in [0.25, 0.3) is 11.1 Å². The van der Waals surface area contributed by atoms with Crippen molar-refractivity contribution in [2.45, 2.75) is 26.4 Å². The average Bonchev–Trinajstić information content (AvgIpc) is 2.82. The van der Waals surface area contributed by atoms with Crippen molar-refractivity contribution in [3.63, 3.8) is 0 Å². The molecule has 21 heavy (non-hydrogen) atoms. The van der Waals surface area contributed by atoms with E-state index >= 15 is 0 Å². The van der Waals surface area contributed by atoms with Crippen LogP contribution in [0.5, 0.6) is 0 Å². The molecule has 0 unspecified atom stereocenters. The highest BCUT2D eigenvalue weighted by Gasteiger charge is 2.29. The molecule has 0 atom stereocenters. The standard InChI is InChI=1S/C18H18FNO/c1-12-8-9-13(10-16(12)19)14-6-4-5-7-15(14)17-20-11-18(2,3)21-17/h4-10H,11H2,1-3H3. The van der Waals surface area contributed by atoms with Gasteiger partial charge < -0.3 is 4.74 Å². The normalized spacial score (nSPS) is 16.5. The lowest BCUT2D eigenvalue weighted by Gasteiger charge is -2.18. The number of hydrogen-bond acceptors (Lipinski definition) is 2. The minimum Gasteiger partial charge on any atom is -0.469 e. The number of hydrogen-bond donors (Lipinski definition) is 0. The Hall–Kier alpha value is -2.16. The van der Waals surface area contributed by atoms with E-state index in [4.69, 9.17) is 4.74 Å². The molecule has 0 aliphatic carbocycles. The second-order valence-corrected chi connectivity index (χ2v) is 5.99. The average molecular weight is 283 g/mol. The first-order valence-corrected chi connectivity index (χ1v) is 7.06. The Labute approximate surface area is 124 Å². The summed E-state index contributed by atoms with van der Waals surface area (Å²) in [4.78, 5) is 4.49. The van der Waals surface area contributed by atoms with Crippen molar-refractivity contribution < 1.29 is 9.13 Å².